The monoisotopic (exact) mass is 385 g/mol. The maximum Gasteiger partial charge on any atom is 0.273 e. The Labute approximate surface area is 163 Å². The Kier molecular flexibility index (Phi) is 6.38. The number of piperazine rings is 1. The van der Waals surface area contributed by atoms with Crippen LogP contribution in [0.1, 0.15) is 5.56 Å². The number of anilines is 1. The third-order valence-corrected chi connectivity index (χ3v) is 4.53. The summed E-state index contributed by atoms with van der Waals surface area (Å²) in [5.41, 5.74) is 0.874. The quantitative estimate of drug-likeness (QED) is 0.568. The number of nitrogens with zero attached hydrogens (tertiary/aromatic N) is 4. The van der Waals surface area contributed by atoms with Crippen LogP contribution in [0, 0.1) is 10.1 Å². The minimum atomic E-state index is -0.506. The van der Waals surface area contributed by atoms with Crippen molar-refractivity contribution in [2.24, 2.45) is 0 Å². The number of carbonyl (C=O) groups excluding carboxylic acids is 1. The molecular formula is C19H23N5O4. The number of hydrogen-bond acceptors (Lipinski definition) is 7. The second kappa shape index (κ2) is 9.14. The van der Waals surface area contributed by atoms with Crippen LogP contribution in [0.3, 0.4) is 0 Å². The van der Waals surface area contributed by atoms with Crippen molar-refractivity contribution < 1.29 is 14.5 Å². The molecule has 1 aliphatic heterocycles. The van der Waals surface area contributed by atoms with Crippen LogP contribution in [0.4, 0.5) is 11.5 Å². The Hall–Kier alpha value is -3.20. The van der Waals surface area contributed by atoms with Crippen molar-refractivity contribution >= 4 is 17.4 Å². The van der Waals surface area contributed by atoms with E-state index in [4.69, 9.17) is 4.74 Å². The average molecular weight is 385 g/mol. The number of carbonyl (C=O) groups is 1. The molecule has 1 aliphatic rings. The van der Waals surface area contributed by atoms with Crippen LogP contribution in [0.25, 0.3) is 0 Å². The Bertz CT molecular complexity index is 837. The van der Waals surface area contributed by atoms with Gasteiger partial charge in [-0.25, -0.2) is 4.98 Å². The predicted octanol–water partition coefficient (Wildman–Crippen LogP) is 1.44. The molecule has 2 heterocycles. The van der Waals surface area contributed by atoms with Crippen LogP contribution in [0.2, 0.25) is 0 Å². The lowest BCUT2D eigenvalue weighted by Gasteiger charge is -2.33. The number of amides is 1. The molecule has 0 aliphatic carbocycles. The molecule has 0 atom stereocenters. The Balaban J connectivity index is 1.49. The molecule has 9 nitrogen and oxygen atoms in total. The first-order chi connectivity index (χ1) is 13.5. The highest BCUT2D eigenvalue weighted by Crippen LogP contribution is 2.19. The van der Waals surface area contributed by atoms with Crippen LogP contribution in [-0.2, 0) is 11.3 Å². The number of rotatable bonds is 7. The van der Waals surface area contributed by atoms with E-state index in [0.29, 0.717) is 6.54 Å². The topological polar surface area (TPSA) is 101 Å². The van der Waals surface area contributed by atoms with Crippen molar-refractivity contribution in [2.45, 2.75) is 6.54 Å². The van der Waals surface area contributed by atoms with Gasteiger partial charge in [-0.3, -0.25) is 14.9 Å². The van der Waals surface area contributed by atoms with Crippen LogP contribution in [0.15, 0.2) is 42.6 Å². The van der Waals surface area contributed by atoms with Crippen molar-refractivity contribution in [1.82, 2.24) is 15.2 Å². The standard InChI is InChI=1S/C19H23N5O4/c1-22-7-9-23(10-8-22)18-11-15(5-6-20-18)13-21-19(25)14-28-17-4-2-3-16(12-17)24(26)27/h2-6,11-12H,7-10,13-14H2,1H3,(H,21,25). The summed E-state index contributed by atoms with van der Waals surface area (Å²) in [6.45, 7) is 4.00. The summed E-state index contributed by atoms with van der Waals surface area (Å²) in [5, 5.41) is 13.6. The van der Waals surface area contributed by atoms with Crippen molar-refractivity contribution in [3.05, 3.63) is 58.3 Å². The van der Waals surface area contributed by atoms with E-state index in [1.54, 1.807) is 12.3 Å². The van der Waals surface area contributed by atoms with E-state index < -0.39 is 4.92 Å². The predicted molar refractivity (Wildman–Crippen MR) is 104 cm³/mol. The number of nitrogens with one attached hydrogen (secondary N) is 1. The summed E-state index contributed by atoms with van der Waals surface area (Å²) in [5.74, 6) is 0.891. The summed E-state index contributed by atoms with van der Waals surface area (Å²) < 4.78 is 5.33. The molecule has 1 N–H and O–H groups in total. The SMILES string of the molecule is CN1CCN(c2cc(CNC(=O)COc3cccc([N+](=O)[O-])c3)ccn2)CC1. The van der Waals surface area contributed by atoms with E-state index in [9.17, 15) is 14.9 Å². The van der Waals surface area contributed by atoms with E-state index in [0.717, 1.165) is 37.6 Å². The molecule has 1 saturated heterocycles. The van der Waals surface area contributed by atoms with Gasteiger partial charge in [0.05, 0.1) is 11.0 Å². The van der Waals surface area contributed by atoms with Gasteiger partial charge < -0.3 is 19.9 Å². The molecule has 28 heavy (non-hydrogen) atoms. The summed E-state index contributed by atoms with van der Waals surface area (Å²) in [4.78, 5) is 31.2. The van der Waals surface area contributed by atoms with E-state index in [1.165, 1.54) is 18.2 Å². The van der Waals surface area contributed by atoms with Gasteiger partial charge in [-0.1, -0.05) is 6.07 Å². The maximum absolute atomic E-state index is 12.0. The third kappa shape index (κ3) is 5.40. The zero-order valence-electron chi connectivity index (χ0n) is 15.7. The lowest BCUT2D eigenvalue weighted by molar-refractivity contribution is -0.384. The van der Waals surface area contributed by atoms with Crippen molar-refractivity contribution in [3.63, 3.8) is 0 Å². The minimum Gasteiger partial charge on any atom is -0.484 e. The van der Waals surface area contributed by atoms with E-state index in [-0.39, 0.29) is 24.0 Å². The molecule has 148 valence electrons. The van der Waals surface area contributed by atoms with E-state index in [1.807, 2.05) is 12.1 Å². The van der Waals surface area contributed by atoms with Crippen molar-refractivity contribution in [2.75, 3.05) is 44.7 Å². The molecule has 0 saturated carbocycles. The maximum atomic E-state index is 12.0. The molecule has 1 amide bonds. The number of benzene rings is 1. The summed E-state index contributed by atoms with van der Waals surface area (Å²) in [6, 6.07) is 9.59. The second-order valence-corrected chi connectivity index (χ2v) is 6.63. The normalized spacial score (nSPS) is 14.5. The van der Waals surface area contributed by atoms with Gasteiger partial charge >= 0.3 is 0 Å². The molecule has 0 spiro atoms. The first-order valence-corrected chi connectivity index (χ1v) is 9.03. The number of hydrogen-bond donors (Lipinski definition) is 1. The summed E-state index contributed by atoms with van der Waals surface area (Å²) in [6.07, 6.45) is 1.74. The fraction of sp³-hybridized carbons (Fsp3) is 0.368. The number of likely N-dealkylation sites (N-methyl/N-ethyl adjacent to an activating group) is 1. The number of non-ortho nitro benzene ring substituents is 1. The Morgan fingerprint density at radius 2 is 2.04 bits per heavy atom. The molecule has 0 unspecified atom stereocenters. The van der Waals surface area contributed by atoms with Crippen LogP contribution >= 0.6 is 0 Å². The first-order valence-electron chi connectivity index (χ1n) is 9.03. The molecule has 1 fully saturated rings. The number of nitro benzene ring substituents is 1. The largest absolute Gasteiger partial charge is 0.484 e. The van der Waals surface area contributed by atoms with E-state index in [2.05, 4.69) is 27.1 Å². The van der Waals surface area contributed by atoms with Gasteiger partial charge in [0.25, 0.3) is 11.6 Å². The van der Waals surface area contributed by atoms with Gasteiger partial charge in [-0.2, -0.15) is 0 Å². The number of ether oxygens (including phenoxy) is 1. The van der Waals surface area contributed by atoms with Crippen molar-refractivity contribution in [1.29, 1.82) is 0 Å². The lowest BCUT2D eigenvalue weighted by atomic mass is 10.2. The minimum absolute atomic E-state index is 0.0777. The number of nitro groups is 1. The summed E-state index contributed by atoms with van der Waals surface area (Å²) in [7, 11) is 2.10. The average Bonchev–Trinajstić information content (AvgIpc) is 2.71. The fourth-order valence-corrected chi connectivity index (χ4v) is 2.87. The van der Waals surface area contributed by atoms with Gasteiger partial charge in [0, 0.05) is 45.0 Å². The zero-order chi connectivity index (χ0) is 19.9. The zero-order valence-corrected chi connectivity index (χ0v) is 15.7. The molecule has 0 radical (unpaired) electrons. The molecule has 9 heteroatoms. The van der Waals surface area contributed by atoms with Gasteiger partial charge in [-0.15, -0.1) is 0 Å². The van der Waals surface area contributed by atoms with Gasteiger partial charge in [0.15, 0.2) is 6.61 Å². The van der Waals surface area contributed by atoms with Gasteiger partial charge in [0.2, 0.25) is 0 Å². The lowest BCUT2D eigenvalue weighted by Crippen LogP contribution is -2.44. The second-order valence-electron chi connectivity index (χ2n) is 6.63. The molecular weight excluding hydrogens is 362 g/mol. The highest BCUT2D eigenvalue weighted by molar-refractivity contribution is 5.77. The van der Waals surface area contributed by atoms with Crippen LogP contribution in [-0.4, -0.2) is 60.5 Å². The molecule has 0 bridgehead atoms. The van der Waals surface area contributed by atoms with E-state index >= 15 is 0 Å². The van der Waals surface area contributed by atoms with Gasteiger partial charge in [-0.05, 0) is 30.8 Å². The highest BCUT2D eigenvalue weighted by Gasteiger charge is 2.15. The van der Waals surface area contributed by atoms with Gasteiger partial charge in [0.1, 0.15) is 11.6 Å². The molecule has 2 aromatic rings. The summed E-state index contributed by atoms with van der Waals surface area (Å²) >= 11 is 0. The van der Waals surface area contributed by atoms with Crippen LogP contribution < -0.4 is 15.0 Å². The molecule has 1 aromatic heterocycles. The van der Waals surface area contributed by atoms with Crippen molar-refractivity contribution in [3.8, 4) is 5.75 Å². The third-order valence-electron chi connectivity index (χ3n) is 4.53. The Morgan fingerprint density at radius 3 is 2.79 bits per heavy atom. The molecule has 1 aromatic carbocycles. The van der Waals surface area contributed by atoms with Crippen LogP contribution in [0.5, 0.6) is 5.75 Å². The fourth-order valence-electron chi connectivity index (χ4n) is 2.87. The smallest absolute Gasteiger partial charge is 0.273 e. The molecule has 3 rings (SSSR count). The number of pyridine rings is 1. The Morgan fingerprint density at radius 1 is 1.25 bits per heavy atom. The first kappa shape index (κ1) is 19.6. The highest BCUT2D eigenvalue weighted by atomic mass is 16.6. The number of aromatic nitrogens is 1.